The molecule has 0 fully saturated rings. The van der Waals surface area contributed by atoms with Crippen LogP contribution in [0.5, 0.6) is 0 Å². The monoisotopic (exact) mass is 272 g/mol. The fourth-order valence-electron chi connectivity index (χ4n) is 1.37. The van der Waals surface area contributed by atoms with Gasteiger partial charge >= 0.3 is 0 Å². The minimum absolute atomic E-state index is 0.676. The molecule has 0 aliphatic carbocycles. The van der Waals surface area contributed by atoms with Crippen LogP contribution in [0.1, 0.15) is 59.3 Å². The Kier molecular flexibility index (Phi) is 27.0. The van der Waals surface area contributed by atoms with Gasteiger partial charge in [-0.1, -0.05) is 40.0 Å². The van der Waals surface area contributed by atoms with Gasteiger partial charge in [0.15, 0.2) is 0 Å². The third-order valence-corrected chi connectivity index (χ3v) is 2.27. The van der Waals surface area contributed by atoms with Crippen LogP contribution in [0.15, 0.2) is 25.1 Å². The van der Waals surface area contributed by atoms with E-state index in [1.54, 1.807) is 5.01 Å². The van der Waals surface area contributed by atoms with Crippen LogP contribution < -0.4 is 17.3 Å². The van der Waals surface area contributed by atoms with Crippen molar-refractivity contribution in [1.82, 2.24) is 5.01 Å². The zero-order valence-electron chi connectivity index (χ0n) is 13.3. The average Bonchev–Trinajstić information content (AvgIpc) is 2.45. The van der Waals surface area contributed by atoms with Crippen LogP contribution in [-0.4, -0.2) is 18.1 Å². The molecule has 116 valence electrons. The van der Waals surface area contributed by atoms with Gasteiger partial charge in [-0.15, -0.1) is 13.2 Å². The fourth-order valence-corrected chi connectivity index (χ4v) is 1.37. The molecule has 4 heteroatoms. The zero-order chi connectivity index (χ0) is 15.5. The highest BCUT2D eigenvalue weighted by Crippen LogP contribution is 2.01. The number of nitrogens with zero attached hydrogens (tertiary/aromatic N) is 1. The van der Waals surface area contributed by atoms with E-state index in [2.05, 4.69) is 20.1 Å². The van der Waals surface area contributed by atoms with E-state index >= 15 is 0 Å². The summed E-state index contributed by atoms with van der Waals surface area (Å²) in [5.74, 6) is 5.77. The highest BCUT2D eigenvalue weighted by Gasteiger charge is 1.96. The van der Waals surface area contributed by atoms with E-state index in [1.165, 1.54) is 19.3 Å². The molecule has 0 spiro atoms. The molecule has 0 aromatic carbocycles. The predicted octanol–water partition coefficient (Wildman–Crippen LogP) is 3.11. The van der Waals surface area contributed by atoms with Crippen molar-refractivity contribution in [2.24, 2.45) is 17.3 Å². The molecule has 0 saturated carbocycles. The second kappa shape index (κ2) is 22.2. The lowest BCUT2D eigenvalue weighted by atomic mass is 10.2. The highest BCUT2D eigenvalue weighted by molar-refractivity contribution is 4.94. The standard InChI is InChI=1S/C11H26N4.C2H6.C2H4/c1-2-3-4-5-9-15(14)10-11(13)7-6-8-12;2*1-2/h10H,2-9,12-14H2,1H3;1-2H3;1-2H2/b11-10-;;. The van der Waals surface area contributed by atoms with Crippen molar-refractivity contribution in [2.75, 3.05) is 13.1 Å². The summed E-state index contributed by atoms with van der Waals surface area (Å²) in [4.78, 5) is 0. The first-order valence-corrected chi connectivity index (χ1v) is 7.38. The number of hydrogen-bond acceptors (Lipinski definition) is 4. The van der Waals surface area contributed by atoms with Gasteiger partial charge in [-0.05, 0) is 25.8 Å². The fraction of sp³-hybridized carbons (Fsp3) is 0.733. The van der Waals surface area contributed by atoms with Crippen molar-refractivity contribution < 1.29 is 0 Å². The van der Waals surface area contributed by atoms with Crippen LogP contribution in [0.2, 0.25) is 0 Å². The van der Waals surface area contributed by atoms with Crippen molar-refractivity contribution >= 4 is 0 Å². The van der Waals surface area contributed by atoms with Crippen molar-refractivity contribution in [3.63, 3.8) is 0 Å². The van der Waals surface area contributed by atoms with Gasteiger partial charge in [-0.2, -0.15) is 0 Å². The molecule has 0 atom stereocenters. The molecule has 0 aromatic rings. The van der Waals surface area contributed by atoms with Crippen molar-refractivity contribution in [1.29, 1.82) is 0 Å². The molecular formula is C15H36N4. The van der Waals surface area contributed by atoms with Crippen LogP contribution in [0.4, 0.5) is 0 Å². The Morgan fingerprint density at radius 2 is 1.68 bits per heavy atom. The Labute approximate surface area is 120 Å². The molecular weight excluding hydrogens is 236 g/mol. The number of allylic oxidation sites excluding steroid dienone is 1. The number of unbranched alkanes of at least 4 members (excludes halogenated alkanes) is 3. The largest absolute Gasteiger partial charge is 0.401 e. The Hall–Kier alpha value is -1.00. The van der Waals surface area contributed by atoms with E-state index in [0.717, 1.165) is 31.5 Å². The lowest BCUT2D eigenvalue weighted by Crippen LogP contribution is -2.27. The van der Waals surface area contributed by atoms with Crippen LogP contribution in [0.3, 0.4) is 0 Å². The van der Waals surface area contributed by atoms with Crippen LogP contribution in [0, 0.1) is 0 Å². The molecule has 0 aliphatic heterocycles. The Morgan fingerprint density at radius 3 is 2.16 bits per heavy atom. The predicted molar refractivity (Wildman–Crippen MR) is 88.2 cm³/mol. The first kappa shape index (κ1) is 23.1. The number of hydrazine groups is 1. The van der Waals surface area contributed by atoms with Gasteiger partial charge in [0.1, 0.15) is 0 Å². The van der Waals surface area contributed by atoms with Gasteiger partial charge in [-0.25, -0.2) is 5.84 Å². The van der Waals surface area contributed by atoms with E-state index in [4.69, 9.17) is 17.3 Å². The topological polar surface area (TPSA) is 81.3 Å². The molecule has 4 nitrogen and oxygen atoms in total. The van der Waals surface area contributed by atoms with Crippen LogP contribution in [0.25, 0.3) is 0 Å². The SMILES string of the molecule is C=C.CC.CCCCCCN(N)/C=C(\N)CCCN. The minimum Gasteiger partial charge on any atom is -0.401 e. The summed E-state index contributed by atoms with van der Waals surface area (Å²) < 4.78 is 0. The minimum atomic E-state index is 0.676. The molecule has 0 heterocycles. The second-order valence-corrected chi connectivity index (χ2v) is 3.89. The smallest absolute Gasteiger partial charge is 0.0342 e. The quantitative estimate of drug-likeness (QED) is 0.261. The van der Waals surface area contributed by atoms with Gasteiger partial charge in [0, 0.05) is 18.4 Å². The maximum Gasteiger partial charge on any atom is 0.0342 e. The molecule has 6 N–H and O–H groups in total. The van der Waals surface area contributed by atoms with E-state index in [9.17, 15) is 0 Å². The summed E-state index contributed by atoms with van der Waals surface area (Å²) in [5.41, 5.74) is 12.0. The zero-order valence-corrected chi connectivity index (χ0v) is 13.3. The molecule has 0 amide bonds. The van der Waals surface area contributed by atoms with E-state index in [0.29, 0.717) is 6.54 Å². The average molecular weight is 272 g/mol. The lowest BCUT2D eigenvalue weighted by molar-refractivity contribution is 0.373. The highest BCUT2D eigenvalue weighted by atomic mass is 15.4. The Balaban J connectivity index is -0.000000579. The summed E-state index contributed by atoms with van der Waals surface area (Å²) in [7, 11) is 0. The van der Waals surface area contributed by atoms with Crippen molar-refractivity contribution in [2.45, 2.75) is 59.3 Å². The molecule has 0 bridgehead atoms. The Bertz CT molecular complexity index is 181. The summed E-state index contributed by atoms with van der Waals surface area (Å²) in [6.07, 6.45) is 8.47. The van der Waals surface area contributed by atoms with Gasteiger partial charge in [-0.3, -0.25) is 0 Å². The summed E-state index contributed by atoms with van der Waals surface area (Å²) in [5, 5.41) is 1.68. The van der Waals surface area contributed by atoms with E-state index in [1.807, 2.05) is 20.0 Å². The molecule has 0 saturated heterocycles. The molecule has 0 unspecified atom stereocenters. The van der Waals surface area contributed by atoms with Crippen LogP contribution in [-0.2, 0) is 0 Å². The normalized spacial score (nSPS) is 9.84. The third kappa shape index (κ3) is 22.6. The molecule has 19 heavy (non-hydrogen) atoms. The number of rotatable bonds is 9. The maximum atomic E-state index is 5.77. The summed E-state index contributed by atoms with van der Waals surface area (Å²) >= 11 is 0. The second-order valence-electron chi connectivity index (χ2n) is 3.89. The van der Waals surface area contributed by atoms with Crippen LogP contribution >= 0.6 is 0 Å². The lowest BCUT2D eigenvalue weighted by Gasteiger charge is -2.14. The molecule has 0 rings (SSSR count). The van der Waals surface area contributed by atoms with E-state index in [-0.39, 0.29) is 0 Å². The van der Waals surface area contributed by atoms with Gasteiger partial charge in [0.05, 0.1) is 0 Å². The molecule has 0 aromatic heterocycles. The molecule has 0 radical (unpaired) electrons. The Morgan fingerprint density at radius 1 is 1.11 bits per heavy atom. The maximum absolute atomic E-state index is 5.77. The first-order valence-electron chi connectivity index (χ1n) is 7.38. The summed E-state index contributed by atoms with van der Waals surface area (Å²) in [6.45, 7) is 13.8. The summed E-state index contributed by atoms with van der Waals surface area (Å²) in [6, 6.07) is 0. The third-order valence-electron chi connectivity index (χ3n) is 2.27. The van der Waals surface area contributed by atoms with E-state index < -0.39 is 0 Å². The van der Waals surface area contributed by atoms with Crippen molar-refractivity contribution in [3.8, 4) is 0 Å². The van der Waals surface area contributed by atoms with Gasteiger partial charge < -0.3 is 16.5 Å². The van der Waals surface area contributed by atoms with Gasteiger partial charge in [0.2, 0.25) is 0 Å². The number of nitrogens with two attached hydrogens (primary N) is 3. The van der Waals surface area contributed by atoms with Gasteiger partial charge in [0.25, 0.3) is 0 Å². The number of hydrogen-bond donors (Lipinski definition) is 3. The molecule has 0 aliphatic rings. The van der Waals surface area contributed by atoms with Crippen molar-refractivity contribution in [3.05, 3.63) is 25.1 Å². The first-order chi connectivity index (χ1) is 9.20.